The lowest BCUT2D eigenvalue weighted by Crippen LogP contribution is -2.30. The molecule has 0 spiro atoms. The van der Waals surface area contributed by atoms with Crippen LogP contribution in [0.4, 0.5) is 5.69 Å². The molecule has 20 heavy (non-hydrogen) atoms. The van der Waals surface area contributed by atoms with Gasteiger partial charge in [0.05, 0.1) is 10.6 Å². The molecule has 0 atom stereocenters. The maximum absolute atomic E-state index is 11.7. The van der Waals surface area contributed by atoms with Crippen molar-refractivity contribution in [2.45, 2.75) is 24.2 Å². The maximum atomic E-state index is 11.7. The highest BCUT2D eigenvalue weighted by atomic mass is 32.2. The molecule has 1 heterocycles. The van der Waals surface area contributed by atoms with E-state index in [1.807, 2.05) is 12.1 Å². The molecule has 1 aliphatic heterocycles. The Kier molecular flexibility index (Phi) is 5.05. The molecule has 0 amide bonds. The predicted octanol–water partition coefficient (Wildman–Crippen LogP) is 2.23. The van der Waals surface area contributed by atoms with Crippen LogP contribution in [0.25, 0.3) is 0 Å². The fraction of sp³-hybridized carbons (Fsp3) is 0.600. The summed E-state index contributed by atoms with van der Waals surface area (Å²) in [4.78, 5) is 2.76. The van der Waals surface area contributed by atoms with Gasteiger partial charge in [-0.3, -0.25) is 0 Å². The molecular weight excluding hydrogens is 272 g/mol. The Morgan fingerprint density at radius 3 is 2.55 bits per heavy atom. The summed E-state index contributed by atoms with van der Waals surface area (Å²) in [5.41, 5.74) is 0.725. The summed E-state index contributed by atoms with van der Waals surface area (Å²) in [7, 11) is -1.00. The van der Waals surface area contributed by atoms with Gasteiger partial charge in [-0.1, -0.05) is 12.1 Å². The highest BCUT2D eigenvalue weighted by Crippen LogP contribution is 2.23. The van der Waals surface area contributed by atoms with Crippen molar-refractivity contribution in [1.82, 2.24) is 4.90 Å². The second-order valence-electron chi connectivity index (χ2n) is 5.73. The summed E-state index contributed by atoms with van der Waals surface area (Å²) in [6, 6.07) is 7.13. The molecule has 0 saturated carbocycles. The topological polar surface area (TPSA) is 49.4 Å². The molecule has 1 aromatic rings. The zero-order valence-corrected chi connectivity index (χ0v) is 13.1. The van der Waals surface area contributed by atoms with E-state index in [1.165, 1.54) is 32.2 Å². The lowest BCUT2D eigenvalue weighted by atomic mass is 9.94. The van der Waals surface area contributed by atoms with Gasteiger partial charge in [-0.25, -0.2) is 8.42 Å². The average molecular weight is 296 g/mol. The van der Waals surface area contributed by atoms with Crippen LogP contribution in [0.15, 0.2) is 29.2 Å². The normalized spacial score (nSPS) is 18.1. The Hall–Kier alpha value is -1.07. The lowest BCUT2D eigenvalue weighted by molar-refractivity contribution is 0.215. The third kappa shape index (κ3) is 4.21. The first-order valence-electron chi connectivity index (χ1n) is 7.18. The van der Waals surface area contributed by atoms with E-state index in [-0.39, 0.29) is 0 Å². The quantitative estimate of drug-likeness (QED) is 0.905. The minimum absolute atomic E-state index is 0.392. The average Bonchev–Trinajstić information content (AvgIpc) is 2.40. The van der Waals surface area contributed by atoms with Crippen LogP contribution in [0, 0.1) is 5.92 Å². The van der Waals surface area contributed by atoms with Gasteiger partial charge in [0.2, 0.25) is 0 Å². The largest absolute Gasteiger partial charge is 0.384 e. The molecule has 1 aliphatic rings. The monoisotopic (exact) mass is 296 g/mol. The van der Waals surface area contributed by atoms with Crippen molar-refractivity contribution in [1.29, 1.82) is 0 Å². The number of rotatable bonds is 5. The fourth-order valence-electron chi connectivity index (χ4n) is 2.70. The van der Waals surface area contributed by atoms with E-state index in [0.29, 0.717) is 4.90 Å². The number of piperidine rings is 1. The summed E-state index contributed by atoms with van der Waals surface area (Å²) in [6.07, 6.45) is 4.84. The highest BCUT2D eigenvalue weighted by Gasteiger charge is 2.17. The molecule has 0 aromatic heterocycles. The molecule has 5 heteroatoms. The lowest BCUT2D eigenvalue weighted by Gasteiger charge is -2.29. The number of nitrogens with one attached hydrogen (secondary N) is 1. The van der Waals surface area contributed by atoms with E-state index < -0.39 is 9.84 Å². The number of likely N-dealkylation sites (tertiary alicyclic amines) is 1. The van der Waals surface area contributed by atoms with Crippen LogP contribution < -0.4 is 5.32 Å². The zero-order chi connectivity index (χ0) is 14.6. The van der Waals surface area contributed by atoms with Gasteiger partial charge in [0.25, 0.3) is 0 Å². The summed E-state index contributed by atoms with van der Waals surface area (Å²) >= 11 is 0. The van der Waals surface area contributed by atoms with Gasteiger partial charge in [0, 0.05) is 12.8 Å². The molecule has 0 radical (unpaired) electrons. The van der Waals surface area contributed by atoms with Gasteiger partial charge in [0.1, 0.15) is 0 Å². The van der Waals surface area contributed by atoms with Gasteiger partial charge in [-0.05, 0) is 57.5 Å². The van der Waals surface area contributed by atoms with E-state index in [1.54, 1.807) is 12.1 Å². The SMILES string of the molecule is CN1CCC(CCNc2ccccc2S(C)(=O)=O)CC1. The Morgan fingerprint density at radius 1 is 1.25 bits per heavy atom. The Balaban J connectivity index is 1.89. The van der Waals surface area contributed by atoms with E-state index in [2.05, 4.69) is 17.3 Å². The molecule has 2 rings (SSSR count). The molecular formula is C15H24N2O2S. The first-order chi connectivity index (χ1) is 9.47. The summed E-state index contributed by atoms with van der Waals surface area (Å²) in [5.74, 6) is 0.754. The molecule has 1 saturated heterocycles. The molecule has 4 nitrogen and oxygen atoms in total. The Morgan fingerprint density at radius 2 is 1.90 bits per heavy atom. The van der Waals surface area contributed by atoms with Crippen LogP contribution in [-0.4, -0.2) is 46.3 Å². The first-order valence-corrected chi connectivity index (χ1v) is 9.07. The van der Waals surface area contributed by atoms with E-state index in [0.717, 1.165) is 24.6 Å². The highest BCUT2D eigenvalue weighted by molar-refractivity contribution is 7.90. The first kappa shape index (κ1) is 15.3. The third-order valence-electron chi connectivity index (χ3n) is 3.99. The van der Waals surface area contributed by atoms with Gasteiger partial charge in [-0.2, -0.15) is 0 Å². The van der Waals surface area contributed by atoms with Crippen LogP contribution in [0.3, 0.4) is 0 Å². The predicted molar refractivity (Wildman–Crippen MR) is 82.9 cm³/mol. The number of benzene rings is 1. The number of para-hydroxylation sites is 1. The minimum atomic E-state index is -3.17. The second-order valence-corrected chi connectivity index (χ2v) is 7.71. The molecule has 0 bridgehead atoms. The third-order valence-corrected chi connectivity index (χ3v) is 5.15. The number of anilines is 1. The summed E-state index contributed by atoms with van der Waals surface area (Å²) in [6.45, 7) is 3.18. The Labute approximate surface area is 122 Å². The van der Waals surface area contributed by atoms with Crippen molar-refractivity contribution < 1.29 is 8.42 Å². The minimum Gasteiger partial charge on any atom is -0.384 e. The fourth-order valence-corrected chi connectivity index (χ4v) is 3.56. The van der Waals surface area contributed by atoms with Crippen LogP contribution in [-0.2, 0) is 9.84 Å². The molecule has 1 N–H and O–H groups in total. The maximum Gasteiger partial charge on any atom is 0.177 e. The molecule has 1 fully saturated rings. The smallest absolute Gasteiger partial charge is 0.177 e. The standard InChI is InChI=1S/C15H24N2O2S/c1-17-11-8-13(9-12-17)7-10-16-14-5-3-4-6-15(14)20(2,18)19/h3-6,13,16H,7-12H2,1-2H3. The zero-order valence-electron chi connectivity index (χ0n) is 12.3. The second kappa shape index (κ2) is 6.59. The van der Waals surface area contributed by atoms with Gasteiger partial charge >= 0.3 is 0 Å². The Bertz CT molecular complexity index is 535. The van der Waals surface area contributed by atoms with Gasteiger partial charge < -0.3 is 10.2 Å². The molecule has 0 aliphatic carbocycles. The van der Waals surface area contributed by atoms with Crippen LogP contribution in [0.1, 0.15) is 19.3 Å². The van der Waals surface area contributed by atoms with E-state index in [9.17, 15) is 8.42 Å². The number of hydrogen-bond acceptors (Lipinski definition) is 4. The van der Waals surface area contributed by atoms with Crippen LogP contribution >= 0.6 is 0 Å². The van der Waals surface area contributed by atoms with Crippen molar-refractivity contribution in [3.63, 3.8) is 0 Å². The van der Waals surface area contributed by atoms with Crippen molar-refractivity contribution >= 4 is 15.5 Å². The summed E-state index contributed by atoms with van der Waals surface area (Å²) < 4.78 is 23.4. The van der Waals surface area contributed by atoms with Crippen LogP contribution in [0.2, 0.25) is 0 Å². The van der Waals surface area contributed by atoms with Crippen molar-refractivity contribution in [2.75, 3.05) is 38.3 Å². The summed E-state index contributed by atoms with van der Waals surface area (Å²) in [5, 5.41) is 3.29. The van der Waals surface area contributed by atoms with Crippen molar-refractivity contribution in [3.05, 3.63) is 24.3 Å². The van der Waals surface area contributed by atoms with E-state index >= 15 is 0 Å². The van der Waals surface area contributed by atoms with Crippen molar-refractivity contribution in [3.8, 4) is 0 Å². The van der Waals surface area contributed by atoms with E-state index in [4.69, 9.17) is 0 Å². The molecule has 1 aromatic carbocycles. The number of sulfone groups is 1. The molecule has 0 unspecified atom stereocenters. The molecule has 112 valence electrons. The number of nitrogens with zero attached hydrogens (tertiary/aromatic N) is 1. The van der Waals surface area contributed by atoms with Gasteiger partial charge in [0.15, 0.2) is 9.84 Å². The van der Waals surface area contributed by atoms with Crippen molar-refractivity contribution in [2.24, 2.45) is 5.92 Å². The number of hydrogen-bond donors (Lipinski definition) is 1. The van der Waals surface area contributed by atoms with Crippen LogP contribution in [0.5, 0.6) is 0 Å². The van der Waals surface area contributed by atoms with Gasteiger partial charge in [-0.15, -0.1) is 0 Å².